The quantitative estimate of drug-likeness (QED) is 0.214. The number of benzene rings is 2. The molecule has 48 heavy (non-hydrogen) atoms. The zero-order valence-electron chi connectivity index (χ0n) is 27.5. The highest BCUT2D eigenvalue weighted by molar-refractivity contribution is 6.30. The Morgan fingerprint density at radius 3 is 2.50 bits per heavy atom. The predicted octanol–water partition coefficient (Wildman–Crippen LogP) is 4.71. The molecule has 3 heterocycles. The standard InChI is InChI=1S/C37H44ClN3O7/c1-5-7-14-29(43)39(4)24(3)32(25-12-9-8-10-13-25)47-36(46)30-28-19-20-37(48-28)31(30)34(44)41(22-11-23-42)33(37)35(45)40(21-6-2)27-17-15-26(38)16-18-27/h5-6,8-10,12-13,15-18,24,28,30-33,42H,1-2,7,11,14,19-23H2,3-4H3/t24-,28-,30+,31+,32+,33-,37+/m0/s1. The molecule has 11 heteroatoms. The Hall–Kier alpha value is -3.99. The van der Waals surface area contributed by atoms with Crippen LogP contribution in [0.4, 0.5) is 5.69 Å². The zero-order chi connectivity index (χ0) is 34.6. The van der Waals surface area contributed by atoms with Gasteiger partial charge in [-0.25, -0.2) is 0 Å². The fraction of sp³-hybridized carbons (Fsp3) is 0.459. The molecule has 0 unspecified atom stereocenters. The number of nitrogens with zero attached hydrogens (tertiary/aromatic N) is 3. The molecule has 2 bridgehead atoms. The lowest BCUT2D eigenvalue weighted by Gasteiger charge is -2.37. The van der Waals surface area contributed by atoms with E-state index in [2.05, 4.69) is 13.2 Å². The first-order valence-electron chi connectivity index (χ1n) is 16.5. The molecule has 3 fully saturated rings. The van der Waals surface area contributed by atoms with E-state index in [0.29, 0.717) is 35.5 Å². The van der Waals surface area contributed by atoms with Crippen LogP contribution in [0.5, 0.6) is 0 Å². The van der Waals surface area contributed by atoms with E-state index in [1.807, 2.05) is 37.3 Å². The predicted molar refractivity (Wildman–Crippen MR) is 182 cm³/mol. The molecule has 3 aliphatic heterocycles. The number of aliphatic hydroxyl groups is 1. The first kappa shape index (κ1) is 35.3. The molecule has 256 valence electrons. The third kappa shape index (κ3) is 6.53. The molecule has 1 N–H and O–H groups in total. The molecule has 0 aromatic heterocycles. The molecule has 10 nitrogen and oxygen atoms in total. The summed E-state index contributed by atoms with van der Waals surface area (Å²) in [4.78, 5) is 60.8. The maximum atomic E-state index is 14.6. The topological polar surface area (TPSA) is 117 Å². The summed E-state index contributed by atoms with van der Waals surface area (Å²) >= 11 is 6.13. The number of fused-ring (bicyclic) bond motifs is 1. The van der Waals surface area contributed by atoms with Crippen LogP contribution >= 0.6 is 11.6 Å². The van der Waals surface area contributed by atoms with Crippen LogP contribution in [0.2, 0.25) is 5.02 Å². The van der Waals surface area contributed by atoms with Crippen molar-refractivity contribution in [2.75, 3.05) is 31.6 Å². The van der Waals surface area contributed by atoms with Gasteiger partial charge in [0.2, 0.25) is 11.8 Å². The van der Waals surface area contributed by atoms with Crippen molar-refractivity contribution in [2.45, 2.75) is 68.9 Å². The largest absolute Gasteiger partial charge is 0.455 e. The normalized spacial score (nSPS) is 25.2. The van der Waals surface area contributed by atoms with Gasteiger partial charge in [0.1, 0.15) is 17.7 Å². The maximum absolute atomic E-state index is 14.6. The number of hydrogen-bond donors (Lipinski definition) is 1. The summed E-state index contributed by atoms with van der Waals surface area (Å²) in [5.74, 6) is -3.37. The number of carbonyl (C=O) groups excluding carboxylic acids is 4. The van der Waals surface area contributed by atoms with Gasteiger partial charge in [-0.2, -0.15) is 0 Å². The van der Waals surface area contributed by atoms with Crippen LogP contribution in [-0.4, -0.2) is 89.1 Å². The number of hydrogen-bond acceptors (Lipinski definition) is 7. The fourth-order valence-electron chi connectivity index (χ4n) is 7.53. The van der Waals surface area contributed by atoms with Crippen LogP contribution in [0.15, 0.2) is 79.9 Å². The molecule has 7 atom stereocenters. The number of ether oxygens (including phenoxy) is 2. The number of esters is 1. The van der Waals surface area contributed by atoms with Gasteiger partial charge in [-0.15, -0.1) is 13.2 Å². The first-order chi connectivity index (χ1) is 23.1. The van der Waals surface area contributed by atoms with Crippen LogP contribution in [0.25, 0.3) is 0 Å². The van der Waals surface area contributed by atoms with Crippen LogP contribution in [0.3, 0.4) is 0 Å². The Morgan fingerprint density at radius 2 is 1.85 bits per heavy atom. The SMILES string of the molecule is C=CCCC(=O)N(C)[C@@H](C)[C@@H](OC(=O)[C@@H]1[C@@H]2CC[C@]3(O2)[C@H](C(=O)N(CC=C)c2ccc(Cl)cc2)N(CCCO)C(=O)[C@@H]13)c1ccccc1. The average Bonchev–Trinajstić information content (AvgIpc) is 3.74. The Kier molecular flexibility index (Phi) is 11.1. The van der Waals surface area contributed by atoms with Gasteiger partial charge >= 0.3 is 5.97 Å². The van der Waals surface area contributed by atoms with E-state index in [4.69, 9.17) is 21.1 Å². The van der Waals surface area contributed by atoms with E-state index in [-0.39, 0.29) is 50.3 Å². The highest BCUT2D eigenvalue weighted by Crippen LogP contribution is 2.59. The molecule has 3 saturated heterocycles. The third-order valence-electron chi connectivity index (χ3n) is 9.96. The molecular weight excluding hydrogens is 634 g/mol. The van der Waals surface area contributed by atoms with Gasteiger partial charge in [0.15, 0.2) is 0 Å². The second kappa shape index (κ2) is 15.1. The monoisotopic (exact) mass is 677 g/mol. The summed E-state index contributed by atoms with van der Waals surface area (Å²) in [7, 11) is 1.68. The summed E-state index contributed by atoms with van der Waals surface area (Å²) in [6.45, 7) is 9.47. The Labute approximate surface area is 286 Å². The van der Waals surface area contributed by atoms with Crippen LogP contribution in [-0.2, 0) is 28.7 Å². The van der Waals surface area contributed by atoms with Gasteiger partial charge in [-0.3, -0.25) is 19.2 Å². The van der Waals surface area contributed by atoms with Crippen molar-refractivity contribution in [2.24, 2.45) is 11.8 Å². The highest BCUT2D eigenvalue weighted by atomic mass is 35.5. The number of halogens is 1. The molecule has 2 aromatic carbocycles. The third-order valence-corrected chi connectivity index (χ3v) is 10.2. The summed E-state index contributed by atoms with van der Waals surface area (Å²) < 4.78 is 12.9. The van der Waals surface area contributed by atoms with Crippen LogP contribution < -0.4 is 4.90 Å². The molecule has 3 amide bonds. The van der Waals surface area contributed by atoms with E-state index in [0.717, 1.165) is 0 Å². The van der Waals surface area contributed by atoms with Gasteiger partial charge in [0.05, 0.1) is 24.0 Å². The van der Waals surface area contributed by atoms with Gasteiger partial charge < -0.3 is 29.3 Å². The summed E-state index contributed by atoms with van der Waals surface area (Å²) in [5, 5.41) is 10.2. The molecular formula is C37H44ClN3O7. The fourth-order valence-corrected chi connectivity index (χ4v) is 7.65. The molecule has 1 spiro atoms. The number of rotatable bonds is 15. The summed E-state index contributed by atoms with van der Waals surface area (Å²) in [6, 6.07) is 14.5. The van der Waals surface area contributed by atoms with Crippen LogP contribution in [0, 0.1) is 11.8 Å². The van der Waals surface area contributed by atoms with Crippen molar-refractivity contribution in [1.82, 2.24) is 9.80 Å². The van der Waals surface area contributed by atoms with Gasteiger partial charge in [-0.1, -0.05) is 54.1 Å². The minimum Gasteiger partial charge on any atom is -0.455 e. The van der Waals surface area contributed by atoms with E-state index < -0.39 is 47.7 Å². The number of likely N-dealkylation sites (tertiary alicyclic amines) is 1. The molecule has 5 rings (SSSR count). The van der Waals surface area contributed by atoms with Crippen molar-refractivity contribution in [1.29, 1.82) is 0 Å². The molecule has 0 aliphatic carbocycles. The smallest absolute Gasteiger partial charge is 0.313 e. The van der Waals surface area contributed by atoms with E-state index in [1.54, 1.807) is 53.3 Å². The lowest BCUT2D eigenvalue weighted by atomic mass is 9.70. The van der Waals surface area contributed by atoms with Crippen molar-refractivity contribution < 1.29 is 33.8 Å². The lowest BCUT2D eigenvalue weighted by molar-refractivity contribution is -0.164. The Morgan fingerprint density at radius 1 is 1.15 bits per heavy atom. The number of allylic oxidation sites excluding steroid dienone is 1. The number of anilines is 1. The molecule has 0 saturated carbocycles. The second-order valence-corrected chi connectivity index (χ2v) is 13.2. The van der Waals surface area contributed by atoms with Gasteiger partial charge in [0, 0.05) is 43.9 Å². The average molecular weight is 678 g/mol. The summed E-state index contributed by atoms with van der Waals surface area (Å²) in [6.07, 6.45) is 3.77. The lowest BCUT2D eigenvalue weighted by Crippen LogP contribution is -2.56. The minimum atomic E-state index is -1.25. The highest BCUT2D eigenvalue weighted by Gasteiger charge is 2.75. The molecule has 0 radical (unpaired) electrons. The van der Waals surface area contributed by atoms with Crippen molar-refractivity contribution >= 4 is 41.0 Å². The van der Waals surface area contributed by atoms with Crippen molar-refractivity contribution in [3.63, 3.8) is 0 Å². The maximum Gasteiger partial charge on any atom is 0.313 e. The number of amides is 3. The molecule has 2 aromatic rings. The van der Waals surface area contributed by atoms with Crippen molar-refractivity contribution in [3.05, 3.63) is 90.5 Å². The van der Waals surface area contributed by atoms with E-state index >= 15 is 0 Å². The Balaban J connectivity index is 1.48. The minimum absolute atomic E-state index is 0.113. The van der Waals surface area contributed by atoms with Gasteiger partial charge in [-0.05, 0) is 62.4 Å². The zero-order valence-corrected chi connectivity index (χ0v) is 28.3. The Bertz CT molecular complexity index is 1520. The van der Waals surface area contributed by atoms with Crippen LogP contribution in [0.1, 0.15) is 50.7 Å². The second-order valence-electron chi connectivity index (χ2n) is 12.7. The number of likely N-dealkylation sites (N-methyl/N-ethyl adjacent to an activating group) is 1. The number of carbonyl (C=O) groups is 4. The van der Waals surface area contributed by atoms with Crippen molar-refractivity contribution in [3.8, 4) is 0 Å². The summed E-state index contributed by atoms with van der Waals surface area (Å²) in [5.41, 5.74) is 0.0300. The number of aliphatic hydroxyl groups excluding tert-OH is 1. The van der Waals surface area contributed by atoms with E-state index in [9.17, 15) is 24.3 Å². The first-order valence-corrected chi connectivity index (χ1v) is 16.9. The van der Waals surface area contributed by atoms with E-state index in [1.165, 1.54) is 4.90 Å². The molecule has 3 aliphatic rings. The van der Waals surface area contributed by atoms with Gasteiger partial charge in [0.25, 0.3) is 5.91 Å².